The largest absolute Gasteiger partial charge is 0.261 e. The molecular weight excluding hydrogens is 332 g/mol. The van der Waals surface area contributed by atoms with Crippen molar-refractivity contribution in [3.05, 3.63) is 40.7 Å². The van der Waals surface area contributed by atoms with Crippen molar-refractivity contribution in [2.45, 2.75) is 25.3 Å². The summed E-state index contributed by atoms with van der Waals surface area (Å²) in [6, 6.07) is 7.93. The van der Waals surface area contributed by atoms with Gasteiger partial charge in [0, 0.05) is 14.1 Å². The highest BCUT2D eigenvalue weighted by molar-refractivity contribution is 7.89. The summed E-state index contributed by atoms with van der Waals surface area (Å²) in [5.41, 5.74) is 2.10. The lowest BCUT2D eigenvalue weighted by Crippen LogP contribution is -2.23. The number of nitrogens with zero attached hydrogens (tertiary/aromatic N) is 4. The smallest absolute Gasteiger partial charge is 0.246 e. The van der Waals surface area contributed by atoms with Gasteiger partial charge in [-0.05, 0) is 26.0 Å². The summed E-state index contributed by atoms with van der Waals surface area (Å²) in [6.07, 6.45) is 0. The zero-order chi connectivity index (χ0) is 16.8. The van der Waals surface area contributed by atoms with E-state index in [1.807, 2.05) is 24.3 Å². The molecule has 0 amide bonds. The van der Waals surface area contributed by atoms with E-state index >= 15 is 0 Å². The number of thiazole rings is 1. The molecule has 122 valence electrons. The second-order valence-electron chi connectivity index (χ2n) is 5.52. The molecule has 0 saturated carbocycles. The third kappa shape index (κ3) is 2.77. The molecule has 0 aliphatic heterocycles. The van der Waals surface area contributed by atoms with Crippen molar-refractivity contribution in [2.24, 2.45) is 0 Å². The maximum absolute atomic E-state index is 12.4. The molecule has 0 bridgehead atoms. The molecular formula is C15H18N4O2S2. The van der Waals surface area contributed by atoms with E-state index in [1.165, 1.54) is 18.4 Å². The van der Waals surface area contributed by atoms with Crippen molar-refractivity contribution in [3.63, 3.8) is 0 Å². The molecule has 1 aromatic carbocycles. The maximum Gasteiger partial charge on any atom is 0.246 e. The first-order valence-electron chi connectivity index (χ1n) is 7.11. The molecule has 6 nitrogen and oxygen atoms in total. The Kier molecular flexibility index (Phi) is 3.99. The van der Waals surface area contributed by atoms with E-state index in [1.54, 1.807) is 29.9 Å². The van der Waals surface area contributed by atoms with Gasteiger partial charge >= 0.3 is 0 Å². The fourth-order valence-electron chi connectivity index (χ4n) is 2.51. The maximum atomic E-state index is 12.4. The molecule has 0 aliphatic carbocycles. The first-order valence-corrected chi connectivity index (χ1v) is 9.37. The molecule has 2 aromatic heterocycles. The number of sulfonamides is 1. The van der Waals surface area contributed by atoms with E-state index in [-0.39, 0.29) is 4.90 Å². The van der Waals surface area contributed by atoms with Gasteiger partial charge in [0.15, 0.2) is 0 Å². The van der Waals surface area contributed by atoms with Gasteiger partial charge in [-0.25, -0.2) is 17.7 Å². The molecule has 3 aromatic rings. The second kappa shape index (κ2) is 5.70. The Morgan fingerprint density at radius 1 is 1.22 bits per heavy atom. The quantitative estimate of drug-likeness (QED) is 0.725. The summed E-state index contributed by atoms with van der Waals surface area (Å²) in [7, 11) is -0.448. The van der Waals surface area contributed by atoms with Crippen molar-refractivity contribution in [2.75, 3.05) is 14.1 Å². The van der Waals surface area contributed by atoms with Crippen LogP contribution in [0.1, 0.15) is 16.4 Å². The fraction of sp³-hybridized carbons (Fsp3) is 0.333. The van der Waals surface area contributed by atoms with E-state index in [4.69, 9.17) is 0 Å². The highest BCUT2D eigenvalue weighted by Crippen LogP contribution is 2.25. The number of hydrogen-bond donors (Lipinski definition) is 0. The van der Waals surface area contributed by atoms with Crippen LogP contribution in [0.3, 0.4) is 0 Å². The fourth-order valence-corrected chi connectivity index (χ4v) is 4.71. The van der Waals surface area contributed by atoms with Gasteiger partial charge in [-0.15, -0.1) is 11.3 Å². The van der Waals surface area contributed by atoms with E-state index in [9.17, 15) is 8.42 Å². The first kappa shape index (κ1) is 16.1. The van der Waals surface area contributed by atoms with Crippen LogP contribution in [-0.2, 0) is 16.6 Å². The predicted octanol–water partition coefficient (Wildman–Crippen LogP) is 2.41. The topological polar surface area (TPSA) is 68.1 Å². The Hall–Kier alpha value is -1.77. The average Bonchev–Trinajstić information content (AvgIpc) is 2.99. The van der Waals surface area contributed by atoms with Crippen LogP contribution in [-0.4, -0.2) is 41.6 Å². The van der Waals surface area contributed by atoms with E-state index in [2.05, 4.69) is 10.1 Å². The molecule has 23 heavy (non-hydrogen) atoms. The number of fused-ring (bicyclic) bond motifs is 1. The average molecular weight is 350 g/mol. The Balaban J connectivity index is 2.02. The number of para-hydroxylation sites is 1. The SMILES string of the molecule is Cc1nn(Cc2nc3ccccc3s2)c(C)c1S(=O)(=O)N(C)C. The van der Waals surface area contributed by atoms with Gasteiger partial charge < -0.3 is 0 Å². The highest BCUT2D eigenvalue weighted by Gasteiger charge is 2.26. The van der Waals surface area contributed by atoms with Gasteiger partial charge in [0.1, 0.15) is 9.90 Å². The van der Waals surface area contributed by atoms with Crippen molar-refractivity contribution < 1.29 is 8.42 Å². The molecule has 0 saturated heterocycles. The molecule has 0 unspecified atom stereocenters. The lowest BCUT2D eigenvalue weighted by atomic mass is 10.3. The van der Waals surface area contributed by atoms with E-state index < -0.39 is 10.0 Å². The summed E-state index contributed by atoms with van der Waals surface area (Å²) in [5.74, 6) is 0. The van der Waals surface area contributed by atoms with Crippen LogP contribution in [0.2, 0.25) is 0 Å². The number of aryl methyl sites for hydroxylation is 1. The van der Waals surface area contributed by atoms with Crippen LogP contribution in [0.15, 0.2) is 29.2 Å². The normalized spacial score (nSPS) is 12.4. The van der Waals surface area contributed by atoms with Crippen LogP contribution in [0, 0.1) is 13.8 Å². The summed E-state index contributed by atoms with van der Waals surface area (Å²) in [5, 5.41) is 5.31. The van der Waals surface area contributed by atoms with Crippen LogP contribution in [0.4, 0.5) is 0 Å². The van der Waals surface area contributed by atoms with Crippen LogP contribution >= 0.6 is 11.3 Å². The van der Waals surface area contributed by atoms with Crippen molar-refractivity contribution >= 4 is 31.6 Å². The van der Waals surface area contributed by atoms with E-state index in [0.717, 1.165) is 15.2 Å². The molecule has 8 heteroatoms. The Morgan fingerprint density at radius 3 is 2.57 bits per heavy atom. The molecule has 0 spiro atoms. The molecule has 0 atom stereocenters. The first-order chi connectivity index (χ1) is 10.8. The van der Waals surface area contributed by atoms with Crippen molar-refractivity contribution in [1.29, 1.82) is 0 Å². The highest BCUT2D eigenvalue weighted by atomic mass is 32.2. The van der Waals surface area contributed by atoms with Gasteiger partial charge in [-0.2, -0.15) is 5.10 Å². The van der Waals surface area contributed by atoms with Crippen LogP contribution in [0.5, 0.6) is 0 Å². The molecule has 0 radical (unpaired) electrons. The summed E-state index contributed by atoms with van der Waals surface area (Å²) >= 11 is 1.60. The summed E-state index contributed by atoms with van der Waals surface area (Å²) in [6.45, 7) is 3.97. The predicted molar refractivity (Wildman–Crippen MR) is 91.3 cm³/mol. The minimum atomic E-state index is -3.50. The lowest BCUT2D eigenvalue weighted by Gasteiger charge is -2.11. The van der Waals surface area contributed by atoms with Crippen LogP contribution in [0.25, 0.3) is 10.2 Å². The van der Waals surface area contributed by atoms with Gasteiger partial charge in [0.05, 0.1) is 28.1 Å². The standard InChI is InChI=1S/C15H18N4O2S2/c1-10-15(23(20,21)18(3)4)11(2)19(17-10)9-14-16-12-7-5-6-8-13(12)22-14/h5-8H,9H2,1-4H3. The zero-order valence-electron chi connectivity index (χ0n) is 13.4. The molecule has 0 fully saturated rings. The monoisotopic (exact) mass is 350 g/mol. The minimum Gasteiger partial charge on any atom is -0.261 e. The third-order valence-corrected chi connectivity index (χ3v) is 6.77. The summed E-state index contributed by atoms with van der Waals surface area (Å²) < 4.78 is 28.9. The number of benzene rings is 1. The van der Waals surface area contributed by atoms with E-state index in [0.29, 0.717) is 17.9 Å². The summed E-state index contributed by atoms with van der Waals surface area (Å²) in [4.78, 5) is 4.86. The molecule has 0 aliphatic rings. The third-order valence-electron chi connectivity index (χ3n) is 3.68. The second-order valence-corrected chi connectivity index (χ2v) is 8.72. The van der Waals surface area contributed by atoms with Gasteiger partial charge in [-0.1, -0.05) is 12.1 Å². The van der Waals surface area contributed by atoms with Gasteiger partial charge in [-0.3, -0.25) is 4.68 Å². The molecule has 0 N–H and O–H groups in total. The molecule has 2 heterocycles. The number of aromatic nitrogens is 3. The van der Waals surface area contributed by atoms with Gasteiger partial charge in [0.25, 0.3) is 0 Å². The zero-order valence-corrected chi connectivity index (χ0v) is 15.1. The number of rotatable bonds is 4. The Labute approximate surface area is 139 Å². The Morgan fingerprint density at radius 2 is 1.91 bits per heavy atom. The van der Waals surface area contributed by atoms with Gasteiger partial charge in [0.2, 0.25) is 10.0 Å². The van der Waals surface area contributed by atoms with Crippen molar-refractivity contribution in [3.8, 4) is 0 Å². The number of hydrogen-bond acceptors (Lipinski definition) is 5. The van der Waals surface area contributed by atoms with Crippen LogP contribution < -0.4 is 0 Å². The lowest BCUT2D eigenvalue weighted by molar-refractivity contribution is 0.519. The Bertz CT molecular complexity index is 938. The van der Waals surface area contributed by atoms with Crippen molar-refractivity contribution in [1.82, 2.24) is 19.1 Å². The molecule has 3 rings (SSSR count). The minimum absolute atomic E-state index is 0.281.